The molecule has 0 aliphatic heterocycles. The fourth-order valence-corrected chi connectivity index (χ4v) is 1.27. The highest BCUT2D eigenvalue weighted by molar-refractivity contribution is 5.99. The van der Waals surface area contributed by atoms with Crippen LogP contribution in [0.3, 0.4) is 0 Å². The monoisotopic (exact) mass is 254 g/mol. The van der Waals surface area contributed by atoms with Crippen molar-refractivity contribution in [3.05, 3.63) is 23.5 Å². The minimum atomic E-state index is -1.50. The van der Waals surface area contributed by atoms with Crippen molar-refractivity contribution >= 4 is 17.7 Å². The molecule has 1 aromatic heterocycles. The maximum atomic E-state index is 11.5. The summed E-state index contributed by atoms with van der Waals surface area (Å²) in [5.74, 6) is -1.95. The molecule has 0 fully saturated rings. The SMILES string of the molecule is CC(=O)c1c[nH]c(C(=O)NCC[C@H](O)C(=O)O)c1. The summed E-state index contributed by atoms with van der Waals surface area (Å²) in [6.07, 6.45) is -0.160. The number of hydrogen-bond donors (Lipinski definition) is 4. The van der Waals surface area contributed by atoms with E-state index < -0.39 is 18.0 Å². The molecule has 1 aromatic rings. The molecule has 0 spiro atoms. The van der Waals surface area contributed by atoms with Crippen LogP contribution in [0.15, 0.2) is 12.3 Å². The van der Waals surface area contributed by atoms with Crippen molar-refractivity contribution in [2.24, 2.45) is 0 Å². The summed E-state index contributed by atoms with van der Waals surface area (Å²) >= 11 is 0. The van der Waals surface area contributed by atoms with E-state index in [0.29, 0.717) is 5.56 Å². The van der Waals surface area contributed by atoms with Gasteiger partial charge in [0.25, 0.3) is 5.91 Å². The van der Waals surface area contributed by atoms with Crippen molar-refractivity contribution in [3.63, 3.8) is 0 Å². The lowest BCUT2D eigenvalue weighted by Crippen LogP contribution is -2.30. The van der Waals surface area contributed by atoms with Gasteiger partial charge in [-0.05, 0) is 13.0 Å². The Hall–Kier alpha value is -2.15. The third kappa shape index (κ3) is 3.70. The second-order valence-electron chi connectivity index (χ2n) is 3.76. The lowest BCUT2D eigenvalue weighted by Gasteiger charge is -2.06. The zero-order valence-corrected chi connectivity index (χ0v) is 9.77. The number of aromatic nitrogens is 1. The van der Waals surface area contributed by atoms with Crippen LogP contribution in [0, 0.1) is 0 Å². The lowest BCUT2D eigenvalue weighted by atomic mass is 10.2. The quantitative estimate of drug-likeness (QED) is 0.523. The van der Waals surface area contributed by atoms with Crippen molar-refractivity contribution in [2.45, 2.75) is 19.4 Å². The van der Waals surface area contributed by atoms with Gasteiger partial charge in [-0.3, -0.25) is 9.59 Å². The van der Waals surface area contributed by atoms with Crippen LogP contribution in [-0.4, -0.2) is 45.5 Å². The molecule has 18 heavy (non-hydrogen) atoms. The maximum absolute atomic E-state index is 11.5. The number of Topliss-reactive ketones (excluding diaryl/α,β-unsaturated/α-hetero) is 1. The van der Waals surface area contributed by atoms with E-state index in [1.807, 2.05) is 0 Å². The molecule has 0 unspecified atom stereocenters. The van der Waals surface area contributed by atoms with E-state index >= 15 is 0 Å². The van der Waals surface area contributed by atoms with Gasteiger partial charge in [-0.2, -0.15) is 0 Å². The van der Waals surface area contributed by atoms with Gasteiger partial charge in [0.05, 0.1) is 0 Å². The van der Waals surface area contributed by atoms with Gasteiger partial charge in [0.2, 0.25) is 0 Å². The predicted molar refractivity (Wildman–Crippen MR) is 61.4 cm³/mol. The second-order valence-corrected chi connectivity index (χ2v) is 3.76. The molecule has 0 saturated carbocycles. The van der Waals surface area contributed by atoms with Crippen LogP contribution in [-0.2, 0) is 4.79 Å². The fraction of sp³-hybridized carbons (Fsp3) is 0.364. The molecule has 0 aliphatic rings. The van der Waals surface area contributed by atoms with Crippen LogP contribution in [0.1, 0.15) is 34.2 Å². The smallest absolute Gasteiger partial charge is 0.332 e. The van der Waals surface area contributed by atoms with Crippen molar-refractivity contribution in [1.82, 2.24) is 10.3 Å². The summed E-state index contributed by atoms with van der Waals surface area (Å²) in [6, 6.07) is 1.41. The molecule has 1 amide bonds. The van der Waals surface area contributed by atoms with Gasteiger partial charge in [-0.1, -0.05) is 0 Å². The fourth-order valence-electron chi connectivity index (χ4n) is 1.27. The Morgan fingerprint density at radius 3 is 2.61 bits per heavy atom. The number of aliphatic hydroxyl groups is 1. The molecular weight excluding hydrogens is 240 g/mol. The Kier molecular flexibility index (Phi) is 4.61. The number of amides is 1. The molecule has 0 bridgehead atoms. The summed E-state index contributed by atoms with van der Waals surface area (Å²) in [6.45, 7) is 1.41. The van der Waals surface area contributed by atoms with Crippen LogP contribution >= 0.6 is 0 Å². The molecule has 1 heterocycles. The number of carboxylic acid groups (broad SMARTS) is 1. The third-order valence-electron chi connectivity index (χ3n) is 2.32. The summed E-state index contributed by atoms with van der Waals surface area (Å²) in [5, 5.41) is 19.8. The van der Waals surface area contributed by atoms with E-state index in [0.717, 1.165) is 0 Å². The summed E-state index contributed by atoms with van der Waals surface area (Å²) < 4.78 is 0. The van der Waals surface area contributed by atoms with E-state index in [1.165, 1.54) is 19.2 Å². The minimum absolute atomic E-state index is 0.0285. The number of hydrogen-bond acceptors (Lipinski definition) is 4. The van der Waals surface area contributed by atoms with Crippen LogP contribution in [0.5, 0.6) is 0 Å². The second kappa shape index (κ2) is 5.97. The van der Waals surface area contributed by atoms with Gasteiger partial charge in [0.15, 0.2) is 11.9 Å². The average Bonchev–Trinajstić information content (AvgIpc) is 2.77. The number of carboxylic acids is 1. The first kappa shape index (κ1) is 13.9. The number of ketones is 1. The van der Waals surface area contributed by atoms with Gasteiger partial charge < -0.3 is 20.5 Å². The van der Waals surface area contributed by atoms with E-state index in [-0.39, 0.29) is 24.4 Å². The van der Waals surface area contributed by atoms with Gasteiger partial charge >= 0.3 is 5.97 Å². The molecule has 7 heteroatoms. The topological polar surface area (TPSA) is 119 Å². The van der Waals surface area contributed by atoms with E-state index in [9.17, 15) is 14.4 Å². The van der Waals surface area contributed by atoms with Gasteiger partial charge in [-0.25, -0.2) is 4.79 Å². The maximum Gasteiger partial charge on any atom is 0.332 e. The molecule has 4 N–H and O–H groups in total. The molecule has 7 nitrogen and oxygen atoms in total. The standard InChI is InChI=1S/C11H14N2O5/c1-6(14)7-4-8(13-5-7)10(16)12-3-2-9(15)11(17)18/h4-5,9,13,15H,2-3H2,1H3,(H,12,16)(H,17,18)/t9-/m0/s1. The molecule has 0 aromatic carbocycles. The first-order chi connectivity index (χ1) is 8.41. The normalized spacial score (nSPS) is 11.9. The largest absolute Gasteiger partial charge is 0.479 e. The van der Waals surface area contributed by atoms with E-state index in [2.05, 4.69) is 10.3 Å². The van der Waals surface area contributed by atoms with E-state index in [1.54, 1.807) is 0 Å². The number of rotatable bonds is 6. The third-order valence-corrected chi connectivity index (χ3v) is 2.32. The van der Waals surface area contributed by atoms with E-state index in [4.69, 9.17) is 10.2 Å². The highest BCUT2D eigenvalue weighted by Gasteiger charge is 2.14. The van der Waals surface area contributed by atoms with Crippen LogP contribution in [0.4, 0.5) is 0 Å². The number of aromatic amines is 1. The number of H-pyrrole nitrogens is 1. The summed E-state index contributed by atoms with van der Waals surface area (Å²) in [4.78, 5) is 35.5. The molecule has 1 atom stereocenters. The molecule has 0 aliphatic carbocycles. The Morgan fingerprint density at radius 1 is 1.44 bits per heavy atom. The molecule has 0 radical (unpaired) electrons. The number of carbonyl (C=O) groups is 3. The molecule has 1 rings (SSSR count). The van der Waals surface area contributed by atoms with Crippen LogP contribution in [0.25, 0.3) is 0 Å². The van der Waals surface area contributed by atoms with Crippen LogP contribution < -0.4 is 5.32 Å². The first-order valence-corrected chi connectivity index (χ1v) is 5.30. The van der Waals surface area contributed by atoms with Crippen molar-refractivity contribution in [2.75, 3.05) is 6.54 Å². The minimum Gasteiger partial charge on any atom is -0.479 e. The van der Waals surface area contributed by atoms with Gasteiger partial charge in [0, 0.05) is 24.7 Å². The Balaban J connectivity index is 2.45. The summed E-state index contributed by atoms with van der Waals surface area (Å²) in [5.41, 5.74) is 0.607. The Labute approximate surface area is 103 Å². The average molecular weight is 254 g/mol. The summed E-state index contributed by atoms with van der Waals surface area (Å²) in [7, 11) is 0. The highest BCUT2D eigenvalue weighted by atomic mass is 16.4. The number of nitrogens with one attached hydrogen (secondary N) is 2. The Bertz CT molecular complexity index is 466. The van der Waals surface area contributed by atoms with Crippen molar-refractivity contribution in [1.29, 1.82) is 0 Å². The van der Waals surface area contributed by atoms with Crippen molar-refractivity contribution in [3.8, 4) is 0 Å². The zero-order chi connectivity index (χ0) is 13.7. The number of aliphatic hydroxyl groups excluding tert-OH is 1. The van der Waals surface area contributed by atoms with Gasteiger partial charge in [-0.15, -0.1) is 0 Å². The van der Waals surface area contributed by atoms with Crippen molar-refractivity contribution < 1.29 is 24.6 Å². The zero-order valence-electron chi connectivity index (χ0n) is 9.77. The molecule has 98 valence electrons. The number of aliphatic carboxylic acids is 1. The van der Waals surface area contributed by atoms with Crippen LogP contribution in [0.2, 0.25) is 0 Å². The first-order valence-electron chi connectivity index (χ1n) is 5.30. The molecule has 0 saturated heterocycles. The highest BCUT2D eigenvalue weighted by Crippen LogP contribution is 2.04. The Morgan fingerprint density at radius 2 is 2.11 bits per heavy atom. The predicted octanol–water partition coefficient (Wildman–Crippen LogP) is -0.217. The number of carbonyl (C=O) groups excluding carboxylic acids is 2. The molecular formula is C11H14N2O5. The lowest BCUT2D eigenvalue weighted by molar-refractivity contribution is -0.146. The van der Waals surface area contributed by atoms with Gasteiger partial charge in [0.1, 0.15) is 5.69 Å².